The third-order valence-electron chi connectivity index (χ3n) is 3.70. The smallest absolute Gasteiger partial charge is 0.317 e. The quantitative estimate of drug-likeness (QED) is 0.274. The number of hydrogen-bond acceptors (Lipinski definition) is 3. The Balaban J connectivity index is 2.11. The van der Waals surface area contributed by atoms with E-state index in [0.717, 1.165) is 6.42 Å². The van der Waals surface area contributed by atoms with E-state index in [0.29, 0.717) is 0 Å². The number of carbonyl (C=O) groups is 2. The molecular weight excluding hydrogens is 240 g/mol. The first-order valence-corrected chi connectivity index (χ1v) is 7.56. The highest BCUT2D eigenvalue weighted by Crippen LogP contribution is 2.25. The van der Waals surface area contributed by atoms with Gasteiger partial charge in [0.2, 0.25) is 0 Å². The maximum Gasteiger partial charge on any atom is 0.317 e. The Kier molecular flexibility index (Phi) is 7.46. The molecule has 0 saturated carbocycles. The number of ether oxygens (including phenoxy) is 1. The molecular formula is C16H26O3. The normalized spacial score (nSPS) is 21.1. The molecule has 0 aliphatic carbocycles. The van der Waals surface area contributed by atoms with E-state index in [4.69, 9.17) is 0 Å². The minimum absolute atomic E-state index is 0.0963. The van der Waals surface area contributed by atoms with E-state index in [1.54, 1.807) is 0 Å². The molecule has 1 aliphatic rings. The lowest BCUT2D eigenvalue weighted by atomic mass is 9.92. The molecule has 1 fully saturated rings. The summed E-state index contributed by atoms with van der Waals surface area (Å²) in [7, 11) is 0. The monoisotopic (exact) mass is 266 g/mol. The van der Waals surface area contributed by atoms with Crippen LogP contribution in [0, 0.1) is 11.8 Å². The molecule has 1 aliphatic heterocycles. The van der Waals surface area contributed by atoms with Gasteiger partial charge in [0, 0.05) is 0 Å². The number of hydrogen-bond donors (Lipinski definition) is 0. The van der Waals surface area contributed by atoms with Crippen molar-refractivity contribution in [2.45, 2.75) is 65.2 Å². The molecule has 19 heavy (non-hydrogen) atoms. The number of carbonyl (C=O) groups excluding carboxylic acids is 2. The Bertz CT molecular complexity index is 320. The van der Waals surface area contributed by atoms with Gasteiger partial charge in [0.25, 0.3) is 0 Å². The van der Waals surface area contributed by atoms with Crippen LogP contribution in [0.2, 0.25) is 0 Å². The van der Waals surface area contributed by atoms with Crippen molar-refractivity contribution in [1.82, 2.24) is 0 Å². The highest BCUT2D eigenvalue weighted by Gasteiger charge is 2.36. The predicted octanol–water partition coefficient (Wildman–Crippen LogP) is 4.02. The predicted molar refractivity (Wildman–Crippen MR) is 75.5 cm³/mol. The minimum atomic E-state index is -0.383. The first-order chi connectivity index (χ1) is 9.15. The third kappa shape index (κ3) is 6.04. The highest BCUT2D eigenvalue weighted by molar-refractivity contribution is 5.94. The standard InChI is InChI=1S/C16H26O3/c1-3-4-5-6-7-8-9-10-11-13(2)14-12-15(17)19-16(14)18/h10-11,13-14H,3-9,12H2,1-2H3/b11-10+. The fourth-order valence-electron chi connectivity index (χ4n) is 2.38. The Labute approximate surface area is 116 Å². The van der Waals surface area contributed by atoms with E-state index in [1.807, 2.05) is 6.92 Å². The molecule has 2 atom stereocenters. The van der Waals surface area contributed by atoms with Crippen molar-refractivity contribution in [2.24, 2.45) is 11.8 Å². The van der Waals surface area contributed by atoms with Crippen molar-refractivity contribution in [3.8, 4) is 0 Å². The van der Waals surface area contributed by atoms with Crippen LogP contribution in [0.15, 0.2) is 12.2 Å². The molecule has 1 saturated heterocycles. The van der Waals surface area contributed by atoms with Crippen LogP contribution in [0.3, 0.4) is 0 Å². The zero-order chi connectivity index (χ0) is 14.1. The second-order valence-corrected chi connectivity index (χ2v) is 5.45. The maximum absolute atomic E-state index is 11.4. The molecule has 1 heterocycles. The van der Waals surface area contributed by atoms with Gasteiger partial charge in [-0.05, 0) is 18.8 Å². The average molecular weight is 266 g/mol. The Morgan fingerprint density at radius 1 is 1.21 bits per heavy atom. The summed E-state index contributed by atoms with van der Waals surface area (Å²) < 4.78 is 4.57. The van der Waals surface area contributed by atoms with Crippen LogP contribution in [-0.4, -0.2) is 11.9 Å². The second-order valence-electron chi connectivity index (χ2n) is 5.45. The van der Waals surface area contributed by atoms with Gasteiger partial charge in [0.05, 0.1) is 12.3 Å². The lowest BCUT2D eigenvalue weighted by molar-refractivity contribution is -0.153. The summed E-state index contributed by atoms with van der Waals surface area (Å²) in [5, 5.41) is 0. The van der Waals surface area contributed by atoms with Crippen LogP contribution in [-0.2, 0) is 14.3 Å². The van der Waals surface area contributed by atoms with Gasteiger partial charge >= 0.3 is 11.9 Å². The maximum atomic E-state index is 11.4. The average Bonchev–Trinajstić information content (AvgIpc) is 2.71. The van der Waals surface area contributed by atoms with Crippen LogP contribution in [0.25, 0.3) is 0 Å². The molecule has 0 aromatic carbocycles. The van der Waals surface area contributed by atoms with E-state index in [1.165, 1.54) is 38.5 Å². The largest absolute Gasteiger partial charge is 0.393 e. The molecule has 0 amide bonds. The van der Waals surface area contributed by atoms with Crippen molar-refractivity contribution < 1.29 is 14.3 Å². The summed E-state index contributed by atoms with van der Waals surface area (Å²) in [4.78, 5) is 22.4. The van der Waals surface area contributed by atoms with E-state index >= 15 is 0 Å². The SMILES string of the molecule is CCCCCCCC/C=C/C(C)C1CC(=O)OC1=O. The van der Waals surface area contributed by atoms with Crippen molar-refractivity contribution in [3.63, 3.8) is 0 Å². The molecule has 0 spiro atoms. The fraction of sp³-hybridized carbons (Fsp3) is 0.750. The van der Waals surface area contributed by atoms with E-state index in [9.17, 15) is 9.59 Å². The van der Waals surface area contributed by atoms with Gasteiger partial charge in [-0.15, -0.1) is 0 Å². The molecule has 108 valence electrons. The molecule has 0 bridgehead atoms. The van der Waals surface area contributed by atoms with Crippen LogP contribution in [0.4, 0.5) is 0 Å². The number of unbranched alkanes of at least 4 members (excludes halogenated alkanes) is 6. The van der Waals surface area contributed by atoms with Gasteiger partial charge in [-0.25, -0.2) is 0 Å². The van der Waals surface area contributed by atoms with Gasteiger partial charge in [-0.2, -0.15) is 0 Å². The van der Waals surface area contributed by atoms with Gasteiger partial charge in [-0.1, -0.05) is 58.1 Å². The van der Waals surface area contributed by atoms with Crippen molar-refractivity contribution in [2.75, 3.05) is 0 Å². The van der Waals surface area contributed by atoms with Gasteiger partial charge < -0.3 is 4.74 Å². The van der Waals surface area contributed by atoms with Crippen molar-refractivity contribution in [3.05, 3.63) is 12.2 Å². The number of allylic oxidation sites excluding steroid dienone is 2. The first kappa shape index (κ1) is 15.9. The van der Waals surface area contributed by atoms with Gasteiger partial charge in [0.1, 0.15) is 0 Å². The summed E-state index contributed by atoms with van der Waals surface area (Å²) in [6.07, 6.45) is 13.3. The lowest BCUT2D eigenvalue weighted by Gasteiger charge is -2.09. The molecule has 1 rings (SSSR count). The zero-order valence-corrected chi connectivity index (χ0v) is 12.2. The Morgan fingerprint density at radius 3 is 2.53 bits per heavy atom. The Hall–Kier alpha value is -1.12. The topological polar surface area (TPSA) is 43.4 Å². The third-order valence-corrected chi connectivity index (χ3v) is 3.70. The first-order valence-electron chi connectivity index (χ1n) is 7.56. The van der Waals surface area contributed by atoms with E-state index in [2.05, 4.69) is 23.8 Å². The van der Waals surface area contributed by atoms with Crippen molar-refractivity contribution >= 4 is 11.9 Å². The molecule has 0 aromatic heterocycles. The summed E-state index contributed by atoms with van der Waals surface area (Å²) >= 11 is 0. The van der Waals surface area contributed by atoms with E-state index < -0.39 is 0 Å². The summed E-state index contributed by atoms with van der Waals surface area (Å²) in [5.41, 5.74) is 0. The van der Waals surface area contributed by atoms with Gasteiger partial charge in [0.15, 0.2) is 0 Å². The molecule has 3 heteroatoms. The van der Waals surface area contributed by atoms with Crippen molar-refractivity contribution in [1.29, 1.82) is 0 Å². The molecule has 0 N–H and O–H groups in total. The van der Waals surface area contributed by atoms with Gasteiger partial charge in [-0.3, -0.25) is 9.59 Å². The molecule has 0 aromatic rings. The lowest BCUT2D eigenvalue weighted by Crippen LogP contribution is -2.14. The van der Waals surface area contributed by atoms with Crippen LogP contribution < -0.4 is 0 Å². The molecule has 0 radical (unpaired) electrons. The number of esters is 2. The summed E-state index contributed by atoms with van der Waals surface area (Å²) in [6, 6.07) is 0. The summed E-state index contributed by atoms with van der Waals surface area (Å²) in [5.74, 6) is -0.916. The van der Waals surface area contributed by atoms with E-state index in [-0.39, 0.29) is 30.2 Å². The number of rotatable bonds is 9. The number of cyclic esters (lactones) is 2. The second kappa shape index (κ2) is 8.89. The minimum Gasteiger partial charge on any atom is -0.393 e. The summed E-state index contributed by atoms with van der Waals surface area (Å²) in [6.45, 7) is 4.20. The highest BCUT2D eigenvalue weighted by atomic mass is 16.6. The van der Waals surface area contributed by atoms with Crippen LogP contribution in [0.1, 0.15) is 65.2 Å². The van der Waals surface area contributed by atoms with Crippen LogP contribution in [0.5, 0.6) is 0 Å². The molecule has 2 unspecified atom stereocenters. The van der Waals surface area contributed by atoms with Crippen LogP contribution >= 0.6 is 0 Å². The molecule has 3 nitrogen and oxygen atoms in total. The zero-order valence-electron chi connectivity index (χ0n) is 12.2. The fourth-order valence-corrected chi connectivity index (χ4v) is 2.38. The Morgan fingerprint density at radius 2 is 1.89 bits per heavy atom.